The molecule has 0 amide bonds. The number of halogens is 2. The molecule has 0 fully saturated rings. The third-order valence-electron chi connectivity index (χ3n) is 2.53. The second-order valence-corrected chi connectivity index (χ2v) is 4.92. The summed E-state index contributed by atoms with van der Waals surface area (Å²) in [5.74, 6) is -0.292. The number of rotatable bonds is 3. The minimum absolute atomic E-state index is 0.152. The monoisotopic (exact) mass is 296 g/mol. The fraction of sp³-hybridized carbons (Fsp3) is 0.154. The Kier molecular flexibility index (Phi) is 4.02. The van der Waals surface area contributed by atoms with Gasteiger partial charge in [0.15, 0.2) is 5.78 Å². The van der Waals surface area contributed by atoms with Crippen molar-refractivity contribution < 1.29 is 4.79 Å². The summed E-state index contributed by atoms with van der Waals surface area (Å²) in [5, 5.41) is 4.62. The third kappa shape index (κ3) is 3.22. The molecule has 0 bridgehead atoms. The Hall–Kier alpha value is -1.65. The molecular weight excluding hydrogens is 287 g/mol. The van der Waals surface area contributed by atoms with Crippen LogP contribution in [0, 0.1) is 6.92 Å². The maximum absolute atomic E-state index is 12.1. The molecule has 0 aliphatic rings. The van der Waals surface area contributed by atoms with Crippen molar-refractivity contribution in [2.24, 2.45) is 0 Å². The molecule has 2 aromatic rings. The highest BCUT2D eigenvalue weighted by Gasteiger charge is 2.12. The van der Waals surface area contributed by atoms with Gasteiger partial charge in [-0.15, -0.1) is 0 Å². The molecule has 0 N–H and O–H groups in total. The fourth-order valence-electron chi connectivity index (χ4n) is 1.58. The van der Waals surface area contributed by atoms with Crippen LogP contribution in [-0.2, 0) is 6.54 Å². The van der Waals surface area contributed by atoms with Gasteiger partial charge in [-0.1, -0.05) is 23.2 Å². The summed E-state index contributed by atoms with van der Waals surface area (Å²) in [5.41, 5.74) is 0.747. The molecule has 1 aromatic carbocycles. The number of carbonyl (C=O) groups excluding carboxylic acids is 1. The van der Waals surface area contributed by atoms with Crippen molar-refractivity contribution in [3.8, 4) is 0 Å². The Balaban J connectivity index is 2.28. The smallest absolute Gasteiger partial charge is 0.267 e. The van der Waals surface area contributed by atoms with Crippen molar-refractivity contribution in [2.45, 2.75) is 13.5 Å². The standard InChI is InChI=1S/C13H10Cl2N2O2/c1-8-4-13(19)17(16-6-8)7-12(18)10-3-2-9(14)5-11(10)15/h2-6H,7H2,1H3. The van der Waals surface area contributed by atoms with E-state index in [0.717, 1.165) is 10.2 Å². The van der Waals surface area contributed by atoms with Crippen molar-refractivity contribution in [1.29, 1.82) is 0 Å². The average molecular weight is 297 g/mol. The normalized spacial score (nSPS) is 10.5. The summed E-state index contributed by atoms with van der Waals surface area (Å²) >= 11 is 11.7. The highest BCUT2D eigenvalue weighted by Crippen LogP contribution is 2.21. The molecular formula is C13H10Cl2N2O2. The lowest BCUT2D eigenvalue weighted by molar-refractivity contribution is 0.0965. The van der Waals surface area contributed by atoms with Crippen LogP contribution in [0.25, 0.3) is 0 Å². The lowest BCUT2D eigenvalue weighted by atomic mass is 10.1. The summed E-state index contributed by atoms with van der Waals surface area (Å²) in [4.78, 5) is 23.7. The van der Waals surface area contributed by atoms with Gasteiger partial charge in [0.05, 0.1) is 11.2 Å². The van der Waals surface area contributed by atoms with Crippen LogP contribution < -0.4 is 5.56 Å². The first-order valence-electron chi connectivity index (χ1n) is 5.49. The molecule has 19 heavy (non-hydrogen) atoms. The van der Waals surface area contributed by atoms with Gasteiger partial charge >= 0.3 is 0 Å². The molecule has 4 nitrogen and oxygen atoms in total. The van der Waals surface area contributed by atoms with E-state index in [1.54, 1.807) is 13.0 Å². The van der Waals surface area contributed by atoms with Gasteiger partial charge in [0, 0.05) is 16.7 Å². The molecule has 0 saturated carbocycles. The van der Waals surface area contributed by atoms with Crippen molar-refractivity contribution in [3.63, 3.8) is 0 Å². The first-order chi connectivity index (χ1) is 8.97. The molecule has 0 saturated heterocycles. The van der Waals surface area contributed by atoms with Crippen LogP contribution in [0.2, 0.25) is 10.0 Å². The number of hydrogen-bond acceptors (Lipinski definition) is 3. The van der Waals surface area contributed by atoms with E-state index in [-0.39, 0.29) is 22.9 Å². The Labute approximate surface area is 119 Å². The zero-order valence-corrected chi connectivity index (χ0v) is 11.6. The molecule has 0 atom stereocenters. The van der Waals surface area contributed by atoms with Crippen LogP contribution >= 0.6 is 23.2 Å². The van der Waals surface area contributed by atoms with Gasteiger partial charge in [-0.2, -0.15) is 5.10 Å². The highest BCUT2D eigenvalue weighted by molar-refractivity contribution is 6.36. The number of aryl methyl sites for hydroxylation is 1. The second-order valence-electron chi connectivity index (χ2n) is 4.08. The largest absolute Gasteiger partial charge is 0.292 e. The number of hydrogen-bond donors (Lipinski definition) is 0. The van der Waals surface area contributed by atoms with Crippen molar-refractivity contribution in [3.05, 3.63) is 62.0 Å². The molecule has 0 aliphatic carbocycles. The van der Waals surface area contributed by atoms with Crippen molar-refractivity contribution in [1.82, 2.24) is 9.78 Å². The minimum atomic E-state index is -0.321. The Morgan fingerprint density at radius 1 is 1.32 bits per heavy atom. The first-order valence-corrected chi connectivity index (χ1v) is 6.25. The van der Waals surface area contributed by atoms with E-state index in [2.05, 4.69) is 5.10 Å². The quantitative estimate of drug-likeness (QED) is 0.819. The number of benzene rings is 1. The highest BCUT2D eigenvalue weighted by atomic mass is 35.5. The topological polar surface area (TPSA) is 52.0 Å². The van der Waals surface area contributed by atoms with E-state index in [1.807, 2.05) is 0 Å². The molecule has 0 aliphatic heterocycles. The van der Waals surface area contributed by atoms with Crippen LogP contribution in [0.4, 0.5) is 0 Å². The minimum Gasteiger partial charge on any atom is -0.292 e. The third-order valence-corrected chi connectivity index (χ3v) is 3.08. The van der Waals surface area contributed by atoms with Gasteiger partial charge in [0.25, 0.3) is 5.56 Å². The molecule has 2 rings (SSSR count). The lowest BCUT2D eigenvalue weighted by Gasteiger charge is -2.06. The molecule has 1 aromatic heterocycles. The number of Topliss-reactive ketones (excluding diaryl/α,β-unsaturated/α-hetero) is 1. The van der Waals surface area contributed by atoms with Crippen molar-refractivity contribution in [2.75, 3.05) is 0 Å². The van der Waals surface area contributed by atoms with Gasteiger partial charge in [0.1, 0.15) is 6.54 Å². The summed E-state index contributed by atoms with van der Waals surface area (Å²) in [6.07, 6.45) is 1.53. The lowest BCUT2D eigenvalue weighted by Crippen LogP contribution is -2.26. The molecule has 0 spiro atoms. The van der Waals surface area contributed by atoms with Gasteiger partial charge in [-0.3, -0.25) is 9.59 Å². The average Bonchev–Trinajstić information content (AvgIpc) is 2.32. The van der Waals surface area contributed by atoms with Gasteiger partial charge in [-0.05, 0) is 30.7 Å². The number of nitrogens with zero attached hydrogens (tertiary/aromatic N) is 2. The van der Waals surface area contributed by atoms with E-state index >= 15 is 0 Å². The zero-order chi connectivity index (χ0) is 14.0. The van der Waals surface area contributed by atoms with Gasteiger partial charge in [-0.25, -0.2) is 4.68 Å². The van der Waals surface area contributed by atoms with Crippen LogP contribution in [0.15, 0.2) is 35.3 Å². The number of carbonyl (C=O) groups is 1. The maximum atomic E-state index is 12.1. The van der Waals surface area contributed by atoms with E-state index in [1.165, 1.54) is 24.4 Å². The Bertz CT molecular complexity index is 695. The van der Waals surface area contributed by atoms with Crippen molar-refractivity contribution >= 4 is 29.0 Å². The van der Waals surface area contributed by atoms with Crippen LogP contribution in [-0.4, -0.2) is 15.6 Å². The van der Waals surface area contributed by atoms with Crippen LogP contribution in [0.1, 0.15) is 15.9 Å². The predicted molar refractivity (Wildman–Crippen MR) is 74.0 cm³/mol. The molecule has 98 valence electrons. The number of ketones is 1. The second kappa shape index (κ2) is 5.55. The fourth-order valence-corrected chi connectivity index (χ4v) is 2.09. The van der Waals surface area contributed by atoms with Crippen LogP contribution in [0.3, 0.4) is 0 Å². The summed E-state index contributed by atoms with van der Waals surface area (Å²) in [6.45, 7) is 1.61. The predicted octanol–water partition coefficient (Wildman–Crippen LogP) is 2.74. The van der Waals surface area contributed by atoms with E-state index in [4.69, 9.17) is 23.2 Å². The SMILES string of the molecule is Cc1cnn(CC(=O)c2ccc(Cl)cc2Cl)c(=O)c1. The zero-order valence-electron chi connectivity index (χ0n) is 10.1. The van der Waals surface area contributed by atoms with Gasteiger partial charge < -0.3 is 0 Å². The summed E-state index contributed by atoms with van der Waals surface area (Å²) in [7, 11) is 0. The number of aromatic nitrogens is 2. The van der Waals surface area contributed by atoms with E-state index < -0.39 is 0 Å². The molecule has 1 heterocycles. The summed E-state index contributed by atoms with van der Waals surface area (Å²) < 4.78 is 1.10. The Morgan fingerprint density at radius 3 is 2.68 bits per heavy atom. The maximum Gasteiger partial charge on any atom is 0.267 e. The van der Waals surface area contributed by atoms with Gasteiger partial charge in [0.2, 0.25) is 0 Å². The summed E-state index contributed by atoms with van der Waals surface area (Å²) in [6, 6.07) is 6.02. The van der Waals surface area contributed by atoms with Crippen LogP contribution in [0.5, 0.6) is 0 Å². The van der Waals surface area contributed by atoms with E-state index in [9.17, 15) is 9.59 Å². The first kappa shape index (κ1) is 13.8. The molecule has 6 heteroatoms. The molecule has 0 unspecified atom stereocenters. The molecule has 0 radical (unpaired) electrons. The Morgan fingerprint density at radius 2 is 2.05 bits per heavy atom. The van der Waals surface area contributed by atoms with E-state index in [0.29, 0.717) is 10.6 Å².